The lowest BCUT2D eigenvalue weighted by Gasteiger charge is -2.27. The fraction of sp³-hybridized carbons (Fsp3) is 0.727. The molecule has 0 aromatic carbocycles. The molecule has 0 radical (unpaired) electrons. The van der Waals surface area contributed by atoms with Gasteiger partial charge in [0.05, 0.1) is 0 Å². The van der Waals surface area contributed by atoms with Gasteiger partial charge in [-0.1, -0.05) is 20.4 Å². The first-order valence-electron chi connectivity index (χ1n) is 5.55. The Morgan fingerprint density at radius 1 is 1.35 bits per heavy atom. The van der Waals surface area contributed by atoms with E-state index < -0.39 is 8.80 Å². The van der Waals surface area contributed by atoms with Crippen molar-refractivity contribution in [1.29, 1.82) is 0 Å². The van der Waals surface area contributed by atoms with Gasteiger partial charge in [0.2, 0.25) is 5.91 Å². The first-order chi connectivity index (χ1) is 7.87. The van der Waals surface area contributed by atoms with E-state index in [4.69, 9.17) is 13.3 Å². The Kier molecular flexibility index (Phi) is 7.29. The molecular weight excluding hydrogens is 238 g/mol. The van der Waals surface area contributed by atoms with Crippen LogP contribution in [0.2, 0.25) is 6.04 Å². The predicted molar refractivity (Wildman–Crippen MR) is 68.3 cm³/mol. The summed E-state index contributed by atoms with van der Waals surface area (Å²) in [6.45, 7) is 9.39. The van der Waals surface area contributed by atoms with Crippen molar-refractivity contribution in [3.63, 3.8) is 0 Å². The van der Waals surface area contributed by atoms with Crippen LogP contribution in [0.3, 0.4) is 0 Å². The summed E-state index contributed by atoms with van der Waals surface area (Å²) in [5, 5.41) is 2.59. The molecule has 0 fully saturated rings. The number of carbonyl (C=O) groups excluding carboxylic acids is 1. The Hall–Kier alpha value is -0.693. The van der Waals surface area contributed by atoms with Crippen molar-refractivity contribution in [3.05, 3.63) is 12.2 Å². The molecule has 0 spiro atoms. The highest BCUT2D eigenvalue weighted by Crippen LogP contribution is 2.19. The second-order valence-electron chi connectivity index (χ2n) is 4.26. The van der Waals surface area contributed by atoms with Gasteiger partial charge in [-0.25, -0.2) is 0 Å². The molecule has 0 saturated heterocycles. The van der Waals surface area contributed by atoms with Gasteiger partial charge < -0.3 is 18.6 Å². The lowest BCUT2D eigenvalue weighted by atomic mass is 10.3. The van der Waals surface area contributed by atoms with Crippen LogP contribution in [-0.2, 0) is 18.1 Å². The van der Waals surface area contributed by atoms with E-state index in [0.29, 0.717) is 17.5 Å². The minimum absolute atomic E-state index is 0.0757. The number of hydrogen-bond donors (Lipinski definition) is 1. The average molecular weight is 261 g/mol. The second kappa shape index (κ2) is 7.60. The number of amides is 1. The van der Waals surface area contributed by atoms with Crippen LogP contribution in [0.4, 0.5) is 0 Å². The molecule has 0 saturated carbocycles. The standard InChI is InChI=1S/C11H23NO4Si/c1-9(2)7-17(14-5,15-6)16-8-12-11(13)10(3)4/h9H,3,7-8H2,1-2,4-6H3,(H,12,13). The summed E-state index contributed by atoms with van der Waals surface area (Å²) in [6, 6.07) is 0.711. The SMILES string of the molecule is C=C(C)C(=O)NCO[Si](CC(C)C)(OC)OC. The lowest BCUT2D eigenvalue weighted by molar-refractivity contribution is -0.118. The van der Waals surface area contributed by atoms with Gasteiger partial charge in [0.15, 0.2) is 0 Å². The maximum atomic E-state index is 11.3. The van der Waals surface area contributed by atoms with Gasteiger partial charge in [0, 0.05) is 25.8 Å². The zero-order valence-electron chi connectivity index (χ0n) is 11.3. The zero-order valence-corrected chi connectivity index (χ0v) is 12.3. The largest absolute Gasteiger partial charge is 0.502 e. The van der Waals surface area contributed by atoms with Crippen LogP contribution in [0.15, 0.2) is 12.2 Å². The fourth-order valence-corrected chi connectivity index (χ4v) is 3.43. The molecule has 0 aliphatic heterocycles. The number of rotatable bonds is 8. The lowest BCUT2D eigenvalue weighted by Crippen LogP contribution is -2.47. The fourth-order valence-electron chi connectivity index (χ4n) is 1.29. The quantitative estimate of drug-likeness (QED) is 0.409. The second-order valence-corrected chi connectivity index (χ2v) is 7.14. The molecule has 0 atom stereocenters. The maximum Gasteiger partial charge on any atom is 0.502 e. The van der Waals surface area contributed by atoms with Crippen molar-refractivity contribution >= 4 is 14.7 Å². The van der Waals surface area contributed by atoms with Crippen LogP contribution in [0.1, 0.15) is 20.8 Å². The normalized spacial score (nSPS) is 11.6. The molecule has 1 N–H and O–H groups in total. The summed E-state index contributed by atoms with van der Waals surface area (Å²) in [7, 11) is 0.484. The number of carbonyl (C=O) groups is 1. The van der Waals surface area contributed by atoms with Crippen LogP contribution in [0, 0.1) is 5.92 Å². The number of hydrogen-bond acceptors (Lipinski definition) is 4. The minimum atomic E-state index is -2.65. The summed E-state index contributed by atoms with van der Waals surface area (Å²) >= 11 is 0. The van der Waals surface area contributed by atoms with E-state index in [2.05, 4.69) is 25.7 Å². The summed E-state index contributed by atoms with van der Waals surface area (Å²) in [6.07, 6.45) is 0. The Morgan fingerprint density at radius 2 is 1.88 bits per heavy atom. The molecular formula is C11H23NO4Si. The molecule has 0 aliphatic carbocycles. The molecule has 5 nitrogen and oxygen atoms in total. The third kappa shape index (κ3) is 5.97. The molecule has 0 aromatic heterocycles. The molecule has 6 heteroatoms. The first kappa shape index (κ1) is 16.3. The summed E-state index contributed by atoms with van der Waals surface area (Å²) in [4.78, 5) is 11.3. The van der Waals surface area contributed by atoms with Gasteiger partial charge in [0.1, 0.15) is 6.73 Å². The maximum absolute atomic E-state index is 11.3. The molecule has 0 rings (SSSR count). The molecule has 100 valence electrons. The monoisotopic (exact) mass is 261 g/mol. The molecule has 0 aliphatic rings. The van der Waals surface area contributed by atoms with Gasteiger partial charge in [-0.3, -0.25) is 4.79 Å². The molecule has 17 heavy (non-hydrogen) atoms. The van der Waals surface area contributed by atoms with E-state index in [1.54, 1.807) is 21.1 Å². The van der Waals surface area contributed by atoms with E-state index in [9.17, 15) is 4.79 Å². The smallest absolute Gasteiger partial charge is 0.377 e. The highest BCUT2D eigenvalue weighted by Gasteiger charge is 2.39. The Bertz CT molecular complexity index is 264. The minimum Gasteiger partial charge on any atom is -0.377 e. The summed E-state index contributed by atoms with van der Waals surface area (Å²) in [5.74, 6) is 0.170. The van der Waals surface area contributed by atoms with E-state index in [1.807, 2.05) is 0 Å². The van der Waals surface area contributed by atoms with Crippen LogP contribution >= 0.6 is 0 Å². The van der Waals surface area contributed by atoms with Crippen LogP contribution in [0.5, 0.6) is 0 Å². The third-order valence-electron chi connectivity index (χ3n) is 2.19. The van der Waals surface area contributed by atoms with E-state index >= 15 is 0 Å². The van der Waals surface area contributed by atoms with E-state index in [-0.39, 0.29) is 12.6 Å². The third-order valence-corrected chi connectivity index (χ3v) is 5.34. The molecule has 0 aromatic rings. The van der Waals surface area contributed by atoms with Crippen molar-refractivity contribution in [2.75, 3.05) is 21.0 Å². The van der Waals surface area contributed by atoms with Crippen LogP contribution < -0.4 is 5.32 Å². The predicted octanol–water partition coefficient (Wildman–Crippen LogP) is 1.54. The Balaban J connectivity index is 4.26. The van der Waals surface area contributed by atoms with Gasteiger partial charge in [0.25, 0.3) is 0 Å². The Morgan fingerprint density at radius 3 is 2.24 bits per heavy atom. The van der Waals surface area contributed by atoms with Crippen molar-refractivity contribution in [2.45, 2.75) is 26.8 Å². The van der Waals surface area contributed by atoms with Crippen LogP contribution in [-0.4, -0.2) is 35.7 Å². The van der Waals surface area contributed by atoms with Crippen molar-refractivity contribution in [1.82, 2.24) is 5.32 Å². The topological polar surface area (TPSA) is 56.8 Å². The average Bonchev–Trinajstić information content (AvgIpc) is 2.26. The Labute approximate surface area is 105 Å². The zero-order chi connectivity index (χ0) is 13.5. The first-order valence-corrected chi connectivity index (χ1v) is 7.48. The molecule has 0 heterocycles. The van der Waals surface area contributed by atoms with Crippen molar-refractivity contribution in [3.8, 4) is 0 Å². The summed E-state index contributed by atoms with van der Waals surface area (Å²) < 4.78 is 16.3. The van der Waals surface area contributed by atoms with Gasteiger partial charge >= 0.3 is 8.80 Å². The van der Waals surface area contributed by atoms with Gasteiger partial charge in [-0.05, 0) is 12.8 Å². The summed E-state index contributed by atoms with van der Waals surface area (Å²) in [5.41, 5.74) is 0.444. The highest BCUT2D eigenvalue weighted by molar-refractivity contribution is 6.60. The van der Waals surface area contributed by atoms with Gasteiger partial charge in [-0.15, -0.1) is 0 Å². The van der Waals surface area contributed by atoms with E-state index in [0.717, 1.165) is 0 Å². The highest BCUT2D eigenvalue weighted by atomic mass is 28.4. The molecule has 0 unspecified atom stereocenters. The van der Waals surface area contributed by atoms with Crippen molar-refractivity contribution < 1.29 is 18.1 Å². The van der Waals surface area contributed by atoms with Crippen LogP contribution in [0.25, 0.3) is 0 Å². The van der Waals surface area contributed by atoms with Gasteiger partial charge in [-0.2, -0.15) is 0 Å². The van der Waals surface area contributed by atoms with Crippen molar-refractivity contribution in [2.24, 2.45) is 5.92 Å². The number of nitrogens with one attached hydrogen (secondary N) is 1. The molecule has 0 bridgehead atoms. The van der Waals surface area contributed by atoms with E-state index in [1.165, 1.54) is 0 Å². The molecule has 1 amide bonds.